The van der Waals surface area contributed by atoms with Crippen molar-refractivity contribution in [3.63, 3.8) is 0 Å². The van der Waals surface area contributed by atoms with Gasteiger partial charge in [-0.15, -0.1) is 0 Å². The lowest BCUT2D eigenvalue weighted by Crippen LogP contribution is -2.61. The molecule has 39 heavy (non-hydrogen) atoms. The minimum Gasteiger partial charge on any atom is -0.493 e. The molecule has 0 radical (unpaired) electrons. The van der Waals surface area contributed by atoms with Gasteiger partial charge in [-0.1, -0.05) is 23.4 Å². The van der Waals surface area contributed by atoms with Crippen molar-refractivity contribution in [2.75, 3.05) is 32.8 Å². The number of nitriles is 1. The van der Waals surface area contributed by atoms with Gasteiger partial charge in [0.25, 0.3) is 0 Å². The Kier molecular flexibility index (Phi) is 6.50. The number of aliphatic carboxylic acids is 1. The minimum atomic E-state index is -0.709. The highest BCUT2D eigenvalue weighted by Crippen LogP contribution is 2.48. The highest BCUT2D eigenvalue weighted by atomic mass is 16.7. The molecule has 0 bridgehead atoms. The Morgan fingerprint density at radius 2 is 2.00 bits per heavy atom. The summed E-state index contributed by atoms with van der Waals surface area (Å²) in [5.74, 6) is 1.68. The summed E-state index contributed by atoms with van der Waals surface area (Å²) >= 11 is 0. The van der Waals surface area contributed by atoms with Gasteiger partial charge in [-0.2, -0.15) is 5.26 Å². The van der Waals surface area contributed by atoms with E-state index in [1.807, 2.05) is 32.0 Å². The smallest absolute Gasteiger partial charge is 0.309 e. The van der Waals surface area contributed by atoms with Crippen LogP contribution in [0.5, 0.6) is 5.75 Å². The van der Waals surface area contributed by atoms with Gasteiger partial charge in [0.15, 0.2) is 5.60 Å². The van der Waals surface area contributed by atoms with Crippen molar-refractivity contribution in [2.45, 2.75) is 64.0 Å². The van der Waals surface area contributed by atoms with Crippen LogP contribution in [0.3, 0.4) is 0 Å². The standard InChI is InChI=1S/C31H36N4O4/c1-3-38-26-15-22(14-25(23-7-8-23)28(26)24-6-4-5-21(13-24)17-32)18-34-19-31(20-34)16-27(33-39-31)35-11-9-30(2,10-12-35)29(36)37/h4-6,13-15,23H,3,7-12,16,18-20H2,1-2H3,(H,36,37). The SMILES string of the molecule is CCOc1cc(CN2CC3(CC(N4CCC(C)(C(=O)O)CC4)=NO3)C2)cc(C2CC2)c1-c1cccc(C#N)c1. The van der Waals surface area contributed by atoms with E-state index in [2.05, 4.69) is 39.2 Å². The highest BCUT2D eigenvalue weighted by molar-refractivity contribution is 5.85. The number of rotatable bonds is 7. The summed E-state index contributed by atoms with van der Waals surface area (Å²) in [7, 11) is 0. The first kappa shape index (κ1) is 25.7. The lowest BCUT2D eigenvalue weighted by atomic mass is 9.80. The average Bonchev–Trinajstić information content (AvgIpc) is 3.67. The zero-order chi connectivity index (χ0) is 27.2. The van der Waals surface area contributed by atoms with Crippen LogP contribution in [0.25, 0.3) is 11.1 Å². The highest BCUT2D eigenvalue weighted by Gasteiger charge is 2.51. The second kappa shape index (κ2) is 9.87. The van der Waals surface area contributed by atoms with E-state index in [0.717, 1.165) is 48.8 Å². The number of ether oxygens (including phenoxy) is 1. The number of carboxylic acid groups (broad SMARTS) is 1. The molecule has 2 aromatic carbocycles. The van der Waals surface area contributed by atoms with Crippen LogP contribution in [0.1, 0.15) is 68.6 Å². The predicted octanol–water partition coefficient (Wildman–Crippen LogP) is 4.98. The Labute approximate surface area is 229 Å². The maximum Gasteiger partial charge on any atom is 0.309 e. The molecule has 6 rings (SSSR count). The molecule has 3 heterocycles. The first-order valence-electron chi connectivity index (χ1n) is 14.1. The summed E-state index contributed by atoms with van der Waals surface area (Å²) in [6.45, 7) is 8.30. The minimum absolute atomic E-state index is 0.275. The number of hydrogen-bond donors (Lipinski definition) is 1. The monoisotopic (exact) mass is 528 g/mol. The van der Waals surface area contributed by atoms with Gasteiger partial charge in [0.2, 0.25) is 0 Å². The molecule has 1 saturated carbocycles. The fourth-order valence-corrected chi connectivity index (χ4v) is 6.28. The molecule has 1 N–H and O–H groups in total. The topological polar surface area (TPSA) is 98.4 Å². The van der Waals surface area contributed by atoms with Crippen LogP contribution in [-0.4, -0.2) is 65.1 Å². The van der Waals surface area contributed by atoms with Gasteiger partial charge in [0.05, 0.1) is 30.1 Å². The number of benzene rings is 2. The van der Waals surface area contributed by atoms with Crippen LogP contribution in [-0.2, 0) is 16.2 Å². The van der Waals surface area contributed by atoms with Crippen LogP contribution in [0.15, 0.2) is 41.6 Å². The van der Waals surface area contributed by atoms with Crippen molar-refractivity contribution >= 4 is 11.8 Å². The van der Waals surface area contributed by atoms with E-state index in [1.165, 1.54) is 24.0 Å². The van der Waals surface area contributed by atoms with E-state index in [1.54, 1.807) is 0 Å². The molecule has 0 unspecified atom stereocenters. The molecule has 0 aromatic heterocycles. The summed E-state index contributed by atoms with van der Waals surface area (Å²) in [5.41, 5.74) is 4.46. The molecule has 204 valence electrons. The Morgan fingerprint density at radius 3 is 2.67 bits per heavy atom. The summed E-state index contributed by atoms with van der Waals surface area (Å²) in [6.07, 6.45) is 4.40. The summed E-state index contributed by atoms with van der Waals surface area (Å²) in [5, 5.41) is 23.4. The molecule has 2 aromatic rings. The van der Waals surface area contributed by atoms with Crippen molar-refractivity contribution < 1.29 is 19.5 Å². The average molecular weight is 529 g/mol. The third-order valence-corrected chi connectivity index (χ3v) is 8.79. The quantitative estimate of drug-likeness (QED) is 0.541. The molecular weight excluding hydrogens is 492 g/mol. The largest absolute Gasteiger partial charge is 0.493 e. The second-order valence-electron chi connectivity index (χ2n) is 11.9. The van der Waals surface area contributed by atoms with E-state index in [0.29, 0.717) is 44.0 Å². The van der Waals surface area contributed by atoms with Crippen molar-refractivity contribution in [3.8, 4) is 22.9 Å². The molecule has 1 spiro atoms. The molecule has 4 aliphatic rings. The molecule has 0 amide bonds. The molecule has 8 heteroatoms. The van der Waals surface area contributed by atoms with Crippen LogP contribution in [0.4, 0.5) is 0 Å². The van der Waals surface area contributed by atoms with E-state index < -0.39 is 11.4 Å². The zero-order valence-electron chi connectivity index (χ0n) is 22.8. The van der Waals surface area contributed by atoms with Gasteiger partial charge in [0.1, 0.15) is 11.6 Å². The third-order valence-electron chi connectivity index (χ3n) is 8.79. The first-order valence-corrected chi connectivity index (χ1v) is 14.1. The van der Waals surface area contributed by atoms with E-state index in [9.17, 15) is 15.2 Å². The number of nitrogens with zero attached hydrogens (tertiary/aromatic N) is 4. The molecule has 3 fully saturated rings. The van der Waals surface area contributed by atoms with Crippen LogP contribution in [0.2, 0.25) is 0 Å². The predicted molar refractivity (Wildman–Crippen MR) is 147 cm³/mol. The van der Waals surface area contributed by atoms with Gasteiger partial charge >= 0.3 is 5.97 Å². The Morgan fingerprint density at radius 1 is 1.23 bits per heavy atom. The van der Waals surface area contributed by atoms with Crippen molar-refractivity contribution in [1.82, 2.24) is 9.80 Å². The Balaban J connectivity index is 1.13. The van der Waals surface area contributed by atoms with Crippen molar-refractivity contribution in [3.05, 3.63) is 53.1 Å². The number of carboxylic acids is 1. The van der Waals surface area contributed by atoms with E-state index >= 15 is 0 Å². The van der Waals surface area contributed by atoms with Gasteiger partial charge in [-0.05, 0) is 80.3 Å². The molecule has 2 saturated heterocycles. The van der Waals surface area contributed by atoms with Crippen LogP contribution < -0.4 is 4.74 Å². The number of oxime groups is 1. The lowest BCUT2D eigenvalue weighted by molar-refractivity contribution is -0.150. The zero-order valence-corrected chi connectivity index (χ0v) is 22.8. The molecule has 1 aliphatic carbocycles. The first-order chi connectivity index (χ1) is 18.8. The summed E-state index contributed by atoms with van der Waals surface area (Å²) < 4.78 is 6.17. The molecular formula is C31H36N4O4. The maximum atomic E-state index is 11.6. The van der Waals surface area contributed by atoms with Crippen molar-refractivity contribution in [2.24, 2.45) is 10.6 Å². The maximum absolute atomic E-state index is 11.6. The van der Waals surface area contributed by atoms with Gasteiger partial charge in [-0.3, -0.25) is 9.69 Å². The van der Waals surface area contributed by atoms with Gasteiger partial charge in [0, 0.05) is 38.3 Å². The molecule has 8 nitrogen and oxygen atoms in total. The normalized spacial score (nSPS) is 21.6. The van der Waals surface area contributed by atoms with Gasteiger partial charge < -0.3 is 19.6 Å². The summed E-state index contributed by atoms with van der Waals surface area (Å²) in [4.78, 5) is 22.2. The van der Waals surface area contributed by atoms with Crippen molar-refractivity contribution in [1.29, 1.82) is 5.26 Å². The van der Waals surface area contributed by atoms with Crippen LogP contribution in [0, 0.1) is 16.7 Å². The number of amidine groups is 1. The number of hydrogen-bond acceptors (Lipinski definition) is 7. The van der Waals surface area contributed by atoms with E-state index in [4.69, 9.17) is 9.57 Å². The molecule has 3 aliphatic heterocycles. The van der Waals surface area contributed by atoms with Crippen LogP contribution >= 0.6 is 0 Å². The number of piperidine rings is 1. The fraction of sp³-hybridized carbons (Fsp3) is 0.516. The lowest BCUT2D eigenvalue weighted by Gasteiger charge is -2.45. The number of likely N-dealkylation sites (tertiary alicyclic amines) is 2. The number of carbonyl (C=O) groups is 1. The fourth-order valence-electron chi connectivity index (χ4n) is 6.28. The summed E-state index contributed by atoms with van der Waals surface area (Å²) in [6, 6.07) is 14.6. The Hall–Kier alpha value is -3.57. The third kappa shape index (κ3) is 4.96. The Bertz CT molecular complexity index is 1340. The molecule has 0 atom stereocenters. The van der Waals surface area contributed by atoms with E-state index in [-0.39, 0.29) is 5.60 Å². The van der Waals surface area contributed by atoms with Gasteiger partial charge in [-0.25, -0.2) is 0 Å². The second-order valence-corrected chi connectivity index (χ2v) is 11.9.